The van der Waals surface area contributed by atoms with E-state index in [2.05, 4.69) is 20.9 Å². The van der Waals surface area contributed by atoms with Gasteiger partial charge in [0.15, 0.2) is 0 Å². The van der Waals surface area contributed by atoms with Crippen LogP contribution in [0.5, 0.6) is 5.75 Å². The molecule has 0 spiro atoms. The third-order valence-corrected chi connectivity index (χ3v) is 5.33. The number of unbranched alkanes of at least 4 members (excludes halogenated alkanes) is 1. The summed E-state index contributed by atoms with van der Waals surface area (Å²) in [7, 11) is 1.64. The van der Waals surface area contributed by atoms with Crippen LogP contribution in [0, 0.1) is 12.3 Å². The van der Waals surface area contributed by atoms with E-state index in [4.69, 9.17) is 9.84 Å². The molecule has 0 radical (unpaired) electrons. The van der Waals surface area contributed by atoms with E-state index in [0.717, 1.165) is 51.8 Å². The molecule has 0 unspecified atom stereocenters. The van der Waals surface area contributed by atoms with Crippen LogP contribution in [0.15, 0.2) is 29.4 Å². The van der Waals surface area contributed by atoms with Gasteiger partial charge in [-0.25, -0.2) is 9.99 Å². The lowest BCUT2D eigenvalue weighted by Gasteiger charge is -2.20. The molecule has 1 aliphatic heterocycles. The first-order chi connectivity index (χ1) is 12.4. The zero-order chi connectivity index (χ0) is 18.9. The first-order valence-corrected chi connectivity index (χ1v) is 9.94. The molecule has 0 aliphatic carbocycles. The van der Waals surface area contributed by atoms with Crippen LogP contribution in [0.1, 0.15) is 37.9 Å². The maximum atomic E-state index is 12.9. The Morgan fingerprint density at radius 3 is 2.65 bits per heavy atom. The predicted octanol–water partition coefficient (Wildman–Crippen LogP) is 4.30. The van der Waals surface area contributed by atoms with Crippen LogP contribution in [0.2, 0.25) is 0 Å². The summed E-state index contributed by atoms with van der Waals surface area (Å²) in [6, 6.07) is 7.89. The predicted molar refractivity (Wildman–Crippen MR) is 108 cm³/mol. The van der Waals surface area contributed by atoms with E-state index < -0.39 is 5.41 Å². The van der Waals surface area contributed by atoms with E-state index in [1.54, 1.807) is 12.1 Å². The Labute approximate surface area is 162 Å². The van der Waals surface area contributed by atoms with Crippen molar-refractivity contribution in [2.45, 2.75) is 33.6 Å². The van der Waals surface area contributed by atoms with E-state index in [9.17, 15) is 4.79 Å². The second kappa shape index (κ2) is 7.35. The maximum absolute atomic E-state index is 12.9. The van der Waals surface area contributed by atoms with Gasteiger partial charge < -0.3 is 4.74 Å². The monoisotopic (exact) mass is 417 g/mol. The van der Waals surface area contributed by atoms with Gasteiger partial charge in [-0.2, -0.15) is 5.10 Å². The molecule has 5 nitrogen and oxygen atoms in total. The number of pyridine rings is 1. The van der Waals surface area contributed by atoms with Gasteiger partial charge in [0, 0.05) is 28.5 Å². The van der Waals surface area contributed by atoms with Crippen LogP contribution in [-0.4, -0.2) is 40.6 Å². The number of fused-ring (bicyclic) bond motifs is 1. The van der Waals surface area contributed by atoms with Crippen molar-refractivity contribution >= 4 is 38.5 Å². The van der Waals surface area contributed by atoms with Crippen LogP contribution in [0.4, 0.5) is 0 Å². The van der Waals surface area contributed by atoms with Crippen molar-refractivity contribution in [1.29, 1.82) is 0 Å². The van der Waals surface area contributed by atoms with Gasteiger partial charge in [0.25, 0.3) is 5.91 Å². The third kappa shape index (κ3) is 3.22. The molecule has 1 aromatic carbocycles. The summed E-state index contributed by atoms with van der Waals surface area (Å²) in [5.41, 5.74) is 2.79. The Morgan fingerprint density at radius 1 is 1.19 bits per heavy atom. The van der Waals surface area contributed by atoms with Crippen molar-refractivity contribution in [2.75, 3.05) is 19.0 Å². The lowest BCUT2D eigenvalue weighted by molar-refractivity contribution is -0.135. The van der Waals surface area contributed by atoms with Gasteiger partial charge in [-0.3, -0.25) is 4.79 Å². The average molecular weight is 418 g/mol. The fourth-order valence-corrected chi connectivity index (χ4v) is 3.67. The molecule has 26 heavy (non-hydrogen) atoms. The summed E-state index contributed by atoms with van der Waals surface area (Å²) in [6.07, 6.45) is 1.94. The number of rotatable bonds is 6. The quantitative estimate of drug-likeness (QED) is 0.519. The Kier molecular flexibility index (Phi) is 5.32. The summed E-state index contributed by atoms with van der Waals surface area (Å²) >= 11 is 3.43. The molecule has 6 heteroatoms. The summed E-state index contributed by atoms with van der Waals surface area (Å²) < 4.78 is 5.48. The van der Waals surface area contributed by atoms with Crippen molar-refractivity contribution in [3.63, 3.8) is 0 Å². The highest BCUT2D eigenvalue weighted by Gasteiger charge is 2.44. The highest BCUT2D eigenvalue weighted by atomic mass is 79.9. The van der Waals surface area contributed by atoms with Crippen molar-refractivity contribution in [2.24, 2.45) is 10.5 Å². The molecule has 2 heterocycles. The molecule has 0 atom stereocenters. The standard InChI is InChI=1S/C20H24BrN3O2/c1-13-7-8-14-15(9-10-16(26-4)17(14)22-13)18-20(2,3)19(25)24(23-18)12-6-5-11-21/h7-10H,5-6,11-12H2,1-4H3. The highest BCUT2D eigenvalue weighted by molar-refractivity contribution is 9.09. The number of hydrogen-bond acceptors (Lipinski definition) is 4. The summed E-state index contributed by atoms with van der Waals surface area (Å²) in [4.78, 5) is 17.5. The lowest BCUT2D eigenvalue weighted by Crippen LogP contribution is -2.35. The van der Waals surface area contributed by atoms with E-state index in [1.165, 1.54) is 0 Å². The molecule has 1 amide bonds. The maximum Gasteiger partial charge on any atom is 0.254 e. The van der Waals surface area contributed by atoms with Crippen molar-refractivity contribution in [1.82, 2.24) is 9.99 Å². The minimum Gasteiger partial charge on any atom is -0.494 e. The molecule has 1 aromatic heterocycles. The molecule has 0 bridgehead atoms. The number of amides is 1. The number of hydrogen-bond donors (Lipinski definition) is 0. The molecule has 138 valence electrons. The van der Waals surface area contributed by atoms with Crippen molar-refractivity contribution < 1.29 is 9.53 Å². The number of benzene rings is 1. The van der Waals surface area contributed by atoms with Gasteiger partial charge >= 0.3 is 0 Å². The number of hydrazone groups is 1. The summed E-state index contributed by atoms with van der Waals surface area (Å²) in [5, 5.41) is 8.22. The summed E-state index contributed by atoms with van der Waals surface area (Å²) in [6.45, 7) is 6.48. The van der Waals surface area contributed by atoms with Crippen LogP contribution in [0.25, 0.3) is 10.9 Å². The van der Waals surface area contributed by atoms with Gasteiger partial charge in [-0.1, -0.05) is 22.0 Å². The van der Waals surface area contributed by atoms with Gasteiger partial charge in [-0.05, 0) is 51.8 Å². The Balaban J connectivity index is 2.10. The zero-order valence-electron chi connectivity index (χ0n) is 15.7. The van der Waals surface area contributed by atoms with E-state index in [0.29, 0.717) is 6.54 Å². The zero-order valence-corrected chi connectivity index (χ0v) is 17.3. The Hall–Kier alpha value is -1.95. The molecule has 0 saturated heterocycles. The number of aryl methyl sites for hydroxylation is 1. The van der Waals surface area contributed by atoms with Crippen molar-refractivity contribution in [3.8, 4) is 5.75 Å². The fraction of sp³-hybridized carbons (Fsp3) is 0.450. The number of alkyl halides is 1. The SMILES string of the molecule is COc1ccc(C2=NN(CCCCBr)C(=O)C2(C)C)c2ccc(C)nc12. The number of aromatic nitrogens is 1. The minimum absolute atomic E-state index is 0.0473. The first kappa shape index (κ1) is 18.8. The van der Waals surface area contributed by atoms with Crippen LogP contribution in [0.3, 0.4) is 0 Å². The van der Waals surface area contributed by atoms with Gasteiger partial charge in [0.1, 0.15) is 11.3 Å². The number of nitrogens with zero attached hydrogens (tertiary/aromatic N) is 3. The van der Waals surface area contributed by atoms with E-state index >= 15 is 0 Å². The third-order valence-electron chi connectivity index (χ3n) is 4.77. The van der Waals surface area contributed by atoms with E-state index in [1.807, 2.05) is 45.0 Å². The number of carbonyl (C=O) groups is 1. The molecule has 0 fully saturated rings. The molecule has 0 saturated carbocycles. The van der Waals surface area contributed by atoms with Gasteiger partial charge in [-0.15, -0.1) is 0 Å². The van der Waals surface area contributed by atoms with Gasteiger partial charge in [0.05, 0.1) is 18.2 Å². The highest BCUT2D eigenvalue weighted by Crippen LogP contribution is 2.36. The minimum atomic E-state index is -0.666. The molecule has 3 rings (SSSR count). The second-order valence-electron chi connectivity index (χ2n) is 7.06. The largest absolute Gasteiger partial charge is 0.494 e. The normalized spacial score (nSPS) is 16.3. The molecular formula is C20H24BrN3O2. The molecular weight excluding hydrogens is 394 g/mol. The first-order valence-electron chi connectivity index (χ1n) is 8.82. The Morgan fingerprint density at radius 2 is 1.96 bits per heavy atom. The van der Waals surface area contributed by atoms with Crippen LogP contribution in [-0.2, 0) is 4.79 Å². The van der Waals surface area contributed by atoms with Crippen LogP contribution < -0.4 is 4.74 Å². The number of carbonyl (C=O) groups excluding carboxylic acids is 1. The van der Waals surface area contributed by atoms with Crippen LogP contribution >= 0.6 is 15.9 Å². The smallest absolute Gasteiger partial charge is 0.254 e. The topological polar surface area (TPSA) is 54.8 Å². The molecule has 0 N–H and O–H groups in total. The number of ether oxygens (including phenoxy) is 1. The lowest BCUT2D eigenvalue weighted by atomic mass is 9.82. The van der Waals surface area contributed by atoms with Crippen molar-refractivity contribution in [3.05, 3.63) is 35.5 Å². The molecule has 1 aliphatic rings. The fourth-order valence-electron chi connectivity index (χ4n) is 3.27. The molecule has 2 aromatic rings. The number of methoxy groups -OCH3 is 1. The Bertz CT molecular complexity index is 877. The second-order valence-corrected chi connectivity index (χ2v) is 7.86. The van der Waals surface area contributed by atoms with E-state index in [-0.39, 0.29) is 5.91 Å². The summed E-state index contributed by atoms with van der Waals surface area (Å²) in [5.74, 6) is 0.774. The van der Waals surface area contributed by atoms with Gasteiger partial charge in [0.2, 0.25) is 0 Å². The number of halogens is 1. The average Bonchev–Trinajstić information content (AvgIpc) is 2.84.